The van der Waals surface area contributed by atoms with Crippen molar-refractivity contribution in [3.63, 3.8) is 0 Å². The highest BCUT2D eigenvalue weighted by Crippen LogP contribution is 2.53. The van der Waals surface area contributed by atoms with E-state index in [-0.39, 0.29) is 19.0 Å². The fraction of sp³-hybridized carbons (Fsp3) is 0.286. The third-order valence-corrected chi connectivity index (χ3v) is 7.70. The van der Waals surface area contributed by atoms with Gasteiger partial charge in [-0.1, -0.05) is 66.5 Å². The number of amides is 1. The number of guanidine groups is 1. The van der Waals surface area contributed by atoms with E-state index in [0.29, 0.717) is 30.2 Å². The molecular formula is C28H34N7O5P. The summed E-state index contributed by atoms with van der Waals surface area (Å²) in [6.07, 6.45) is 2.36. The number of nitrogens with two attached hydrogens (primary N) is 2. The van der Waals surface area contributed by atoms with Crippen molar-refractivity contribution in [3.8, 4) is 11.5 Å². The van der Waals surface area contributed by atoms with Crippen LogP contribution in [0.5, 0.6) is 11.5 Å². The summed E-state index contributed by atoms with van der Waals surface area (Å²) in [5, 5.41) is 6.22. The van der Waals surface area contributed by atoms with E-state index in [1.807, 2.05) is 0 Å². The largest absolute Gasteiger partial charge is 0.453 e. The molecule has 0 heterocycles. The van der Waals surface area contributed by atoms with Crippen LogP contribution in [0.25, 0.3) is 10.4 Å². The van der Waals surface area contributed by atoms with Crippen LogP contribution in [0.3, 0.4) is 0 Å². The number of benzene rings is 3. The first-order chi connectivity index (χ1) is 19.9. The molecule has 3 aromatic carbocycles. The molecule has 0 saturated carbocycles. The second-order valence-electron chi connectivity index (χ2n) is 8.92. The summed E-state index contributed by atoms with van der Waals surface area (Å²) in [7, 11) is -4.11. The summed E-state index contributed by atoms with van der Waals surface area (Å²) in [6, 6.07) is 24.1. The average molecular weight is 580 g/mol. The topological polar surface area (TPSA) is 187 Å². The zero-order valence-electron chi connectivity index (χ0n) is 22.5. The molecule has 216 valence electrons. The van der Waals surface area contributed by atoms with E-state index in [1.165, 1.54) is 0 Å². The number of hydrogen-bond donors (Lipinski definition) is 3. The predicted octanol–water partition coefficient (Wildman–Crippen LogP) is 6.41. The molecule has 0 fully saturated rings. The minimum atomic E-state index is -4.11. The Morgan fingerprint density at radius 3 is 2.02 bits per heavy atom. The number of carbonyl (C=O) groups is 1. The highest BCUT2D eigenvalue weighted by atomic mass is 31.2. The number of carbonyl (C=O) groups excluding carboxylic acids is 1. The van der Waals surface area contributed by atoms with Gasteiger partial charge in [-0.05, 0) is 60.3 Å². The number of alkyl carbamates (subject to hydrolysis) is 1. The van der Waals surface area contributed by atoms with Crippen molar-refractivity contribution in [1.29, 1.82) is 0 Å². The number of azide groups is 1. The Morgan fingerprint density at radius 1 is 0.878 bits per heavy atom. The van der Waals surface area contributed by atoms with Gasteiger partial charge in [0.25, 0.3) is 0 Å². The number of aliphatic imine (C=N–C) groups is 1. The summed E-state index contributed by atoms with van der Waals surface area (Å²) in [5.74, 6) is -0.563. The highest BCUT2D eigenvalue weighted by molar-refractivity contribution is 7.55. The molecule has 1 amide bonds. The van der Waals surface area contributed by atoms with Gasteiger partial charge >= 0.3 is 13.7 Å². The van der Waals surface area contributed by atoms with Gasteiger partial charge in [0.15, 0.2) is 11.7 Å². The smallest absolute Gasteiger partial charge is 0.450 e. The molecule has 0 spiro atoms. The third kappa shape index (κ3) is 11.2. The Bertz CT molecular complexity index is 1300. The number of rotatable bonds is 16. The van der Waals surface area contributed by atoms with Gasteiger partial charge in [0.1, 0.15) is 11.5 Å². The van der Waals surface area contributed by atoms with Crippen LogP contribution in [-0.4, -0.2) is 31.0 Å². The van der Waals surface area contributed by atoms with Crippen LogP contribution in [0.1, 0.15) is 31.2 Å². The van der Waals surface area contributed by atoms with Crippen LogP contribution < -0.4 is 25.8 Å². The predicted molar refractivity (Wildman–Crippen MR) is 158 cm³/mol. The Balaban J connectivity index is 1.80. The van der Waals surface area contributed by atoms with Crippen molar-refractivity contribution in [1.82, 2.24) is 5.32 Å². The zero-order chi connectivity index (χ0) is 29.3. The molecule has 0 bridgehead atoms. The van der Waals surface area contributed by atoms with Gasteiger partial charge in [0.2, 0.25) is 0 Å². The van der Waals surface area contributed by atoms with Gasteiger partial charge in [-0.3, -0.25) is 0 Å². The van der Waals surface area contributed by atoms with Crippen molar-refractivity contribution in [3.05, 3.63) is 101 Å². The number of unbranched alkanes of at least 4 members (excludes halogenated alkanes) is 3. The molecule has 0 aromatic heterocycles. The first-order valence-corrected chi connectivity index (χ1v) is 14.7. The van der Waals surface area contributed by atoms with Crippen molar-refractivity contribution >= 4 is 25.3 Å². The normalized spacial score (nSPS) is 11.4. The highest BCUT2D eigenvalue weighted by Gasteiger charge is 2.41. The minimum absolute atomic E-state index is 0.0762. The zero-order valence-corrected chi connectivity index (χ0v) is 23.4. The molecule has 1 unspecified atom stereocenters. The quantitative estimate of drug-likeness (QED) is 0.0332. The van der Waals surface area contributed by atoms with Crippen molar-refractivity contribution in [2.24, 2.45) is 21.6 Å². The van der Waals surface area contributed by atoms with Crippen LogP contribution in [0.2, 0.25) is 0 Å². The van der Waals surface area contributed by atoms with Crippen LogP contribution in [-0.2, 0) is 15.7 Å². The molecule has 13 heteroatoms. The number of ether oxygens (including phenoxy) is 1. The van der Waals surface area contributed by atoms with Gasteiger partial charge in [-0.2, -0.15) is 0 Å². The third-order valence-electron chi connectivity index (χ3n) is 5.69. The second kappa shape index (κ2) is 16.4. The summed E-state index contributed by atoms with van der Waals surface area (Å²) in [6.45, 7) is 0.598. The SMILES string of the molecule is [N-]=[N+]=NCCCCCCOC(=O)NC(Cc1ccc(N=C(N)N)cc1)P(=O)(Oc1ccccc1)Oc1ccccc1. The molecule has 0 radical (unpaired) electrons. The maximum Gasteiger partial charge on any atom is 0.453 e. The van der Waals surface area contributed by atoms with E-state index < -0.39 is 19.5 Å². The van der Waals surface area contributed by atoms with Crippen LogP contribution >= 0.6 is 7.60 Å². The molecule has 1 atom stereocenters. The van der Waals surface area contributed by atoms with E-state index in [4.69, 9.17) is 30.8 Å². The summed E-state index contributed by atoms with van der Waals surface area (Å²) in [4.78, 5) is 19.6. The molecular weight excluding hydrogens is 545 g/mol. The maximum atomic E-state index is 14.5. The van der Waals surface area contributed by atoms with Gasteiger partial charge in [-0.15, -0.1) is 0 Å². The van der Waals surface area contributed by atoms with Gasteiger partial charge in [0.05, 0.1) is 12.3 Å². The number of nitrogens with zero attached hydrogens (tertiary/aromatic N) is 4. The Hall–Kier alpha value is -4.66. The molecule has 12 nitrogen and oxygen atoms in total. The van der Waals surface area contributed by atoms with Crippen molar-refractivity contribution in [2.45, 2.75) is 37.9 Å². The lowest BCUT2D eigenvalue weighted by atomic mass is 10.1. The van der Waals surface area contributed by atoms with E-state index >= 15 is 0 Å². The molecule has 0 saturated heterocycles. The van der Waals surface area contributed by atoms with Gasteiger partial charge < -0.3 is 30.6 Å². The Morgan fingerprint density at radius 2 is 1.46 bits per heavy atom. The number of nitrogens with one attached hydrogen (secondary N) is 1. The Kier molecular flexibility index (Phi) is 12.4. The molecule has 5 N–H and O–H groups in total. The molecule has 0 aliphatic carbocycles. The lowest BCUT2D eigenvalue weighted by Crippen LogP contribution is -2.39. The Labute approximate surface area is 238 Å². The van der Waals surface area contributed by atoms with Crippen LogP contribution in [0.4, 0.5) is 10.5 Å². The first-order valence-electron chi connectivity index (χ1n) is 13.1. The number of para-hydroxylation sites is 2. The molecule has 0 aliphatic heterocycles. The fourth-order valence-corrected chi connectivity index (χ4v) is 5.57. The van der Waals surface area contributed by atoms with Crippen LogP contribution in [0, 0.1) is 0 Å². The second-order valence-corrected chi connectivity index (χ2v) is 11.0. The fourth-order valence-electron chi connectivity index (χ4n) is 3.75. The standard InChI is InChI=1S/C28H34N7O5P/c29-27(30)33-23-17-15-22(16-18-23)21-26(34-28(36)38-20-10-2-1-9-19-32-35-31)41(37,39-24-11-5-3-6-12-24)40-25-13-7-4-8-14-25/h3-8,11-18,26H,1-2,9-10,19-21H2,(H,34,36)(H4,29,30,33). The van der Waals surface area contributed by atoms with Gasteiger partial charge in [-0.25, -0.2) is 14.4 Å². The maximum absolute atomic E-state index is 14.5. The summed E-state index contributed by atoms with van der Waals surface area (Å²) >= 11 is 0. The minimum Gasteiger partial charge on any atom is -0.450 e. The van der Waals surface area contributed by atoms with E-state index in [0.717, 1.165) is 24.8 Å². The average Bonchev–Trinajstić information content (AvgIpc) is 2.96. The lowest BCUT2D eigenvalue weighted by Gasteiger charge is -2.28. The monoisotopic (exact) mass is 579 g/mol. The van der Waals surface area contributed by atoms with E-state index in [1.54, 1.807) is 84.9 Å². The van der Waals surface area contributed by atoms with E-state index in [2.05, 4.69) is 20.3 Å². The van der Waals surface area contributed by atoms with Crippen molar-refractivity contribution in [2.75, 3.05) is 13.2 Å². The van der Waals surface area contributed by atoms with Crippen molar-refractivity contribution < 1.29 is 23.1 Å². The first kappa shape index (κ1) is 30.9. The molecule has 3 aromatic rings. The molecule has 0 aliphatic rings. The summed E-state index contributed by atoms with van der Waals surface area (Å²) in [5.41, 5.74) is 20.5. The molecule has 3 rings (SSSR count). The number of hydrogen-bond acceptors (Lipinski definition) is 7. The lowest BCUT2D eigenvalue weighted by molar-refractivity contribution is 0.141. The summed E-state index contributed by atoms with van der Waals surface area (Å²) < 4.78 is 31.9. The van der Waals surface area contributed by atoms with E-state index in [9.17, 15) is 9.36 Å². The molecule has 41 heavy (non-hydrogen) atoms. The van der Waals surface area contributed by atoms with Crippen LogP contribution in [0.15, 0.2) is 95.0 Å². The van der Waals surface area contributed by atoms with Gasteiger partial charge in [0, 0.05) is 17.9 Å².